The molecular weight excluding hydrogens is 138 g/mol. The van der Waals surface area contributed by atoms with Crippen molar-refractivity contribution >= 4 is 18.6 Å². The van der Waals surface area contributed by atoms with Gasteiger partial charge in [0.15, 0.2) is 0 Å². The molecule has 1 heterocycles. The van der Waals surface area contributed by atoms with Crippen molar-refractivity contribution in [1.29, 1.82) is 5.41 Å². The molecule has 1 N–H and O–H groups in total. The third kappa shape index (κ3) is 2.19. The molecule has 9 heavy (non-hydrogen) atoms. The van der Waals surface area contributed by atoms with Gasteiger partial charge in [-0.25, -0.2) is 0 Å². The van der Waals surface area contributed by atoms with Crippen molar-refractivity contribution in [3.8, 4) is 0 Å². The van der Waals surface area contributed by atoms with E-state index in [-0.39, 0.29) is 12.4 Å². The van der Waals surface area contributed by atoms with Crippen LogP contribution < -0.4 is 0 Å². The van der Waals surface area contributed by atoms with Gasteiger partial charge in [-0.1, -0.05) is 0 Å². The molecule has 0 spiro atoms. The molecule has 3 nitrogen and oxygen atoms in total. The molecule has 48 valence electrons. The molecule has 0 amide bonds. The predicted molar refractivity (Wildman–Crippen MR) is 37.2 cm³/mol. The van der Waals surface area contributed by atoms with E-state index in [1.165, 1.54) is 0 Å². The van der Waals surface area contributed by atoms with Gasteiger partial charge in [-0.05, 0) is 12.1 Å². The van der Waals surface area contributed by atoms with Crippen LogP contribution in [-0.2, 0) is 0 Å². The van der Waals surface area contributed by atoms with Crippen molar-refractivity contribution in [1.82, 2.24) is 10.2 Å². The van der Waals surface area contributed by atoms with Crippen LogP contribution >= 0.6 is 12.4 Å². The van der Waals surface area contributed by atoms with Crippen LogP contribution in [0.15, 0.2) is 18.3 Å². The Morgan fingerprint density at radius 2 is 2.33 bits per heavy atom. The van der Waals surface area contributed by atoms with Crippen LogP contribution in [0.2, 0.25) is 0 Å². The van der Waals surface area contributed by atoms with Gasteiger partial charge in [-0.3, -0.25) is 0 Å². The lowest BCUT2D eigenvalue weighted by Gasteiger charge is -1.81. The minimum atomic E-state index is 0. The van der Waals surface area contributed by atoms with E-state index in [1.807, 2.05) is 0 Å². The quantitative estimate of drug-likeness (QED) is 0.594. The Balaban J connectivity index is 0.000000640. The van der Waals surface area contributed by atoms with Crippen LogP contribution in [0.5, 0.6) is 0 Å². The lowest BCUT2D eigenvalue weighted by atomic mass is 10.4. The van der Waals surface area contributed by atoms with E-state index in [4.69, 9.17) is 5.41 Å². The summed E-state index contributed by atoms with van der Waals surface area (Å²) in [5, 5.41) is 13.9. The summed E-state index contributed by atoms with van der Waals surface area (Å²) in [6.07, 6.45) is 2.74. The van der Waals surface area contributed by atoms with Gasteiger partial charge in [0.25, 0.3) is 0 Å². The van der Waals surface area contributed by atoms with Crippen LogP contribution in [0, 0.1) is 5.41 Å². The highest BCUT2D eigenvalue weighted by Gasteiger charge is 1.80. The summed E-state index contributed by atoms with van der Waals surface area (Å²) < 4.78 is 0. The molecule has 1 aromatic heterocycles. The third-order valence-corrected chi connectivity index (χ3v) is 0.741. The highest BCUT2D eigenvalue weighted by molar-refractivity contribution is 5.85. The Morgan fingerprint density at radius 1 is 1.56 bits per heavy atom. The predicted octanol–water partition coefficient (Wildman–Crippen LogP) is 0.896. The van der Waals surface area contributed by atoms with E-state index < -0.39 is 0 Å². The smallest absolute Gasteiger partial charge is 0.103 e. The first-order valence-electron chi connectivity index (χ1n) is 2.21. The van der Waals surface area contributed by atoms with E-state index >= 15 is 0 Å². The summed E-state index contributed by atoms with van der Waals surface area (Å²) in [7, 11) is 0. The maximum atomic E-state index is 6.72. The summed E-state index contributed by atoms with van der Waals surface area (Å²) in [6.45, 7) is 0. The molecule has 0 aromatic carbocycles. The van der Waals surface area contributed by atoms with Crippen LogP contribution in [-0.4, -0.2) is 16.4 Å². The number of nitrogens with zero attached hydrogens (tertiary/aromatic N) is 2. The normalized spacial score (nSPS) is 7.56. The second kappa shape index (κ2) is 3.97. The van der Waals surface area contributed by atoms with Gasteiger partial charge in [0.05, 0.1) is 0 Å². The molecule has 0 radical (unpaired) electrons. The number of nitrogens with one attached hydrogen (secondary N) is 1. The molecule has 4 heteroatoms. The summed E-state index contributed by atoms with van der Waals surface area (Å²) in [5.74, 6) is 0. The summed E-state index contributed by atoms with van der Waals surface area (Å²) in [6, 6.07) is 3.47. The van der Waals surface area contributed by atoms with Gasteiger partial charge in [0, 0.05) is 12.4 Å². The molecule has 1 rings (SSSR count). The molecule has 0 saturated heterocycles. The molecule has 0 aliphatic carbocycles. The maximum absolute atomic E-state index is 6.72. The second-order valence-electron chi connectivity index (χ2n) is 1.29. The molecule has 0 unspecified atom stereocenters. The Hall–Kier alpha value is -0.960. The molecule has 0 atom stereocenters. The van der Waals surface area contributed by atoms with Gasteiger partial charge in [-0.2, -0.15) is 5.10 Å². The summed E-state index contributed by atoms with van der Waals surface area (Å²) in [4.78, 5) is 0. The maximum Gasteiger partial charge on any atom is 0.103 e. The SMILES string of the molecule is Cl.N=Cc1cccnn1. The van der Waals surface area contributed by atoms with Crippen LogP contribution in [0.25, 0.3) is 0 Å². The van der Waals surface area contributed by atoms with Gasteiger partial charge in [0.1, 0.15) is 5.69 Å². The zero-order chi connectivity index (χ0) is 5.82. The van der Waals surface area contributed by atoms with Crippen molar-refractivity contribution in [2.75, 3.05) is 0 Å². The standard InChI is InChI=1S/C5H5N3.ClH/c6-4-5-2-1-3-7-8-5;/h1-4,6H;1H. The molecule has 0 aliphatic heterocycles. The lowest BCUT2D eigenvalue weighted by Crippen LogP contribution is -1.86. The van der Waals surface area contributed by atoms with Crippen LogP contribution in [0.1, 0.15) is 5.69 Å². The lowest BCUT2D eigenvalue weighted by molar-refractivity contribution is 1.02. The first-order chi connectivity index (χ1) is 3.93. The van der Waals surface area contributed by atoms with Gasteiger partial charge < -0.3 is 5.41 Å². The third-order valence-electron chi connectivity index (χ3n) is 0.741. The molecule has 0 fully saturated rings. The molecule has 0 saturated carbocycles. The highest BCUT2D eigenvalue weighted by Crippen LogP contribution is 1.81. The van der Waals surface area contributed by atoms with E-state index in [0.29, 0.717) is 5.69 Å². The zero-order valence-corrected chi connectivity index (χ0v) is 5.43. The van der Waals surface area contributed by atoms with E-state index in [9.17, 15) is 0 Å². The topological polar surface area (TPSA) is 49.6 Å². The zero-order valence-electron chi connectivity index (χ0n) is 4.61. The van der Waals surface area contributed by atoms with Crippen molar-refractivity contribution < 1.29 is 0 Å². The number of hydrogen-bond acceptors (Lipinski definition) is 3. The van der Waals surface area contributed by atoms with Crippen LogP contribution in [0.4, 0.5) is 0 Å². The van der Waals surface area contributed by atoms with Crippen molar-refractivity contribution in [2.24, 2.45) is 0 Å². The first-order valence-corrected chi connectivity index (χ1v) is 2.21. The molecular formula is C5H6ClN3. The van der Waals surface area contributed by atoms with E-state index in [1.54, 1.807) is 18.3 Å². The van der Waals surface area contributed by atoms with Crippen LogP contribution in [0.3, 0.4) is 0 Å². The largest absolute Gasteiger partial charge is 0.306 e. The Labute approximate surface area is 59.0 Å². The Kier molecular flexibility index (Phi) is 3.55. The van der Waals surface area contributed by atoms with E-state index in [0.717, 1.165) is 6.21 Å². The average Bonchev–Trinajstić information content (AvgIpc) is 1.90. The van der Waals surface area contributed by atoms with Crippen molar-refractivity contribution in [3.63, 3.8) is 0 Å². The first kappa shape index (κ1) is 8.04. The number of hydrogen-bond donors (Lipinski definition) is 1. The Bertz CT molecular complexity index is 175. The monoisotopic (exact) mass is 143 g/mol. The number of halogens is 1. The van der Waals surface area contributed by atoms with Gasteiger partial charge >= 0.3 is 0 Å². The number of rotatable bonds is 1. The fourth-order valence-corrected chi connectivity index (χ4v) is 0.390. The fourth-order valence-electron chi connectivity index (χ4n) is 0.390. The van der Waals surface area contributed by atoms with Crippen molar-refractivity contribution in [3.05, 3.63) is 24.0 Å². The van der Waals surface area contributed by atoms with E-state index in [2.05, 4.69) is 10.2 Å². The summed E-state index contributed by atoms with van der Waals surface area (Å²) in [5.41, 5.74) is 0.590. The second-order valence-corrected chi connectivity index (χ2v) is 1.29. The average molecular weight is 144 g/mol. The molecule has 0 bridgehead atoms. The summed E-state index contributed by atoms with van der Waals surface area (Å²) >= 11 is 0. The highest BCUT2D eigenvalue weighted by atomic mass is 35.5. The minimum absolute atomic E-state index is 0. The molecule has 1 aromatic rings. The fraction of sp³-hybridized carbons (Fsp3) is 0. The van der Waals surface area contributed by atoms with Crippen molar-refractivity contribution in [2.45, 2.75) is 0 Å². The van der Waals surface area contributed by atoms with Gasteiger partial charge in [0.2, 0.25) is 0 Å². The Morgan fingerprint density at radius 3 is 2.67 bits per heavy atom. The van der Waals surface area contributed by atoms with Gasteiger partial charge in [-0.15, -0.1) is 17.5 Å². The minimum Gasteiger partial charge on any atom is -0.306 e. The number of aromatic nitrogens is 2. The molecule has 0 aliphatic rings.